The number of nitrogens with one attached hydrogen (secondary N) is 1. The van der Waals surface area contributed by atoms with Gasteiger partial charge < -0.3 is 5.32 Å². The number of nitrogens with zero attached hydrogens (tertiary/aromatic N) is 3. The molecule has 19 heavy (non-hydrogen) atoms. The first-order valence-corrected chi connectivity index (χ1v) is 6.49. The third-order valence-electron chi connectivity index (χ3n) is 2.43. The smallest absolute Gasteiger partial charge is 0.251 e. The van der Waals surface area contributed by atoms with Gasteiger partial charge >= 0.3 is 0 Å². The molecule has 0 aliphatic carbocycles. The third kappa shape index (κ3) is 4.22. The predicted octanol–water partition coefficient (Wildman–Crippen LogP) is 2.41. The van der Waals surface area contributed by atoms with Crippen molar-refractivity contribution in [1.82, 2.24) is 20.1 Å². The molecular weight excluding hydrogens is 287 g/mol. The molecule has 0 unspecified atom stereocenters. The van der Waals surface area contributed by atoms with Crippen molar-refractivity contribution in [3.05, 3.63) is 46.5 Å². The van der Waals surface area contributed by atoms with Gasteiger partial charge in [-0.1, -0.05) is 23.2 Å². The summed E-state index contributed by atoms with van der Waals surface area (Å²) >= 11 is 11.5. The maximum Gasteiger partial charge on any atom is 0.251 e. The predicted molar refractivity (Wildman–Crippen MR) is 73.4 cm³/mol. The molecule has 0 aromatic carbocycles. The minimum Gasteiger partial charge on any atom is -0.352 e. The van der Waals surface area contributed by atoms with E-state index in [0.29, 0.717) is 12.1 Å². The van der Waals surface area contributed by atoms with Gasteiger partial charge in [0.15, 0.2) is 0 Å². The van der Waals surface area contributed by atoms with E-state index < -0.39 is 0 Å². The lowest BCUT2D eigenvalue weighted by molar-refractivity contribution is 0.0952. The van der Waals surface area contributed by atoms with E-state index in [0.717, 1.165) is 13.0 Å². The first-order chi connectivity index (χ1) is 9.15. The average molecular weight is 299 g/mol. The highest BCUT2D eigenvalue weighted by atomic mass is 35.5. The van der Waals surface area contributed by atoms with Crippen LogP contribution in [-0.2, 0) is 6.54 Å². The van der Waals surface area contributed by atoms with Gasteiger partial charge in [0.2, 0.25) is 0 Å². The minimum absolute atomic E-state index is 0.203. The van der Waals surface area contributed by atoms with Gasteiger partial charge in [-0.2, -0.15) is 5.10 Å². The zero-order valence-corrected chi connectivity index (χ0v) is 11.5. The molecule has 2 heterocycles. The van der Waals surface area contributed by atoms with Crippen LogP contribution in [0.1, 0.15) is 16.8 Å². The highest BCUT2D eigenvalue weighted by Gasteiger charge is 2.07. The molecule has 1 amide bonds. The van der Waals surface area contributed by atoms with Gasteiger partial charge in [0.25, 0.3) is 5.91 Å². The van der Waals surface area contributed by atoms with Crippen molar-refractivity contribution in [1.29, 1.82) is 0 Å². The summed E-state index contributed by atoms with van der Waals surface area (Å²) in [4.78, 5) is 15.6. The Morgan fingerprint density at radius 2 is 2.05 bits per heavy atom. The minimum atomic E-state index is -0.216. The number of rotatable bonds is 5. The van der Waals surface area contributed by atoms with E-state index in [4.69, 9.17) is 23.2 Å². The lowest BCUT2D eigenvalue weighted by atomic mass is 10.2. The highest BCUT2D eigenvalue weighted by molar-refractivity contribution is 6.33. The number of pyridine rings is 1. The van der Waals surface area contributed by atoms with Crippen LogP contribution in [0.2, 0.25) is 10.3 Å². The van der Waals surface area contributed by atoms with Crippen molar-refractivity contribution >= 4 is 29.1 Å². The number of carbonyl (C=O) groups excluding carboxylic acids is 1. The molecule has 0 aliphatic heterocycles. The Balaban J connectivity index is 1.80. The van der Waals surface area contributed by atoms with Gasteiger partial charge in [-0.15, -0.1) is 0 Å². The molecule has 1 N–H and O–H groups in total. The Morgan fingerprint density at radius 1 is 1.32 bits per heavy atom. The molecule has 0 saturated carbocycles. The Kier molecular flexibility index (Phi) is 4.76. The second kappa shape index (κ2) is 6.54. The molecule has 0 fully saturated rings. The van der Waals surface area contributed by atoms with Crippen LogP contribution < -0.4 is 5.32 Å². The van der Waals surface area contributed by atoms with Gasteiger partial charge in [-0.05, 0) is 24.6 Å². The number of hydrogen-bond donors (Lipinski definition) is 1. The Bertz CT molecular complexity index is 537. The summed E-state index contributed by atoms with van der Waals surface area (Å²) in [5.74, 6) is -0.216. The first-order valence-electron chi connectivity index (χ1n) is 5.74. The highest BCUT2D eigenvalue weighted by Crippen LogP contribution is 2.14. The molecule has 5 nitrogen and oxygen atoms in total. The topological polar surface area (TPSA) is 59.8 Å². The number of amides is 1. The molecule has 0 saturated heterocycles. The quantitative estimate of drug-likeness (QED) is 0.681. The maximum atomic E-state index is 11.8. The van der Waals surface area contributed by atoms with Crippen LogP contribution in [0.4, 0.5) is 0 Å². The fourth-order valence-electron chi connectivity index (χ4n) is 1.57. The SMILES string of the molecule is O=C(NCCCn1cccn1)c1cc(Cl)nc(Cl)c1. The van der Waals surface area contributed by atoms with Gasteiger partial charge in [-0.3, -0.25) is 9.48 Å². The first kappa shape index (κ1) is 13.8. The number of halogens is 2. The van der Waals surface area contributed by atoms with Crippen molar-refractivity contribution in [3.8, 4) is 0 Å². The van der Waals surface area contributed by atoms with E-state index in [1.54, 1.807) is 6.20 Å². The summed E-state index contributed by atoms with van der Waals surface area (Å²) in [5.41, 5.74) is 0.407. The molecule has 7 heteroatoms. The van der Waals surface area contributed by atoms with Crippen molar-refractivity contribution in [2.45, 2.75) is 13.0 Å². The van der Waals surface area contributed by atoms with E-state index in [1.165, 1.54) is 12.1 Å². The Morgan fingerprint density at radius 3 is 2.68 bits per heavy atom. The molecule has 2 aromatic heterocycles. The van der Waals surface area contributed by atoms with Gasteiger partial charge in [0.1, 0.15) is 10.3 Å². The van der Waals surface area contributed by atoms with Gasteiger partial charge in [0, 0.05) is 31.0 Å². The van der Waals surface area contributed by atoms with Crippen LogP contribution in [0.25, 0.3) is 0 Å². The van der Waals surface area contributed by atoms with Crippen LogP contribution in [0.3, 0.4) is 0 Å². The fourth-order valence-corrected chi connectivity index (χ4v) is 2.03. The number of carbonyl (C=O) groups is 1. The Labute approximate surface area is 120 Å². The monoisotopic (exact) mass is 298 g/mol. The zero-order chi connectivity index (χ0) is 13.7. The molecule has 0 radical (unpaired) electrons. The summed E-state index contributed by atoms with van der Waals surface area (Å²) in [6.07, 6.45) is 4.39. The number of hydrogen-bond acceptors (Lipinski definition) is 3. The molecule has 0 bridgehead atoms. The third-order valence-corrected chi connectivity index (χ3v) is 2.82. The van der Waals surface area contributed by atoms with E-state index in [9.17, 15) is 4.79 Å². The molecular formula is C12H12Cl2N4O. The van der Waals surface area contributed by atoms with E-state index >= 15 is 0 Å². The Hall–Kier alpha value is -1.59. The maximum absolute atomic E-state index is 11.8. The van der Waals surface area contributed by atoms with E-state index in [2.05, 4.69) is 15.4 Å². The standard InChI is InChI=1S/C12H12Cl2N4O/c13-10-7-9(8-11(14)17-10)12(19)15-3-1-5-18-6-2-4-16-18/h2,4,6-8H,1,3,5H2,(H,15,19). The lowest BCUT2D eigenvalue weighted by Gasteiger charge is -2.06. The summed E-state index contributed by atoms with van der Waals surface area (Å²) in [7, 11) is 0. The normalized spacial score (nSPS) is 10.4. The van der Waals surface area contributed by atoms with E-state index in [1.807, 2.05) is 16.9 Å². The molecule has 0 atom stereocenters. The fraction of sp³-hybridized carbons (Fsp3) is 0.250. The van der Waals surface area contributed by atoms with Crippen LogP contribution in [0, 0.1) is 0 Å². The zero-order valence-electron chi connectivity index (χ0n) is 10.0. The number of aromatic nitrogens is 3. The van der Waals surface area contributed by atoms with Crippen molar-refractivity contribution < 1.29 is 4.79 Å². The van der Waals surface area contributed by atoms with Crippen molar-refractivity contribution in [2.24, 2.45) is 0 Å². The van der Waals surface area contributed by atoms with Gasteiger partial charge in [-0.25, -0.2) is 4.98 Å². The van der Waals surface area contributed by atoms with Crippen molar-refractivity contribution in [2.75, 3.05) is 6.54 Å². The van der Waals surface area contributed by atoms with Gasteiger partial charge in [0.05, 0.1) is 0 Å². The van der Waals surface area contributed by atoms with Crippen LogP contribution >= 0.6 is 23.2 Å². The van der Waals surface area contributed by atoms with E-state index in [-0.39, 0.29) is 16.2 Å². The molecule has 2 rings (SSSR count). The summed E-state index contributed by atoms with van der Waals surface area (Å²) < 4.78 is 1.81. The molecule has 0 spiro atoms. The largest absolute Gasteiger partial charge is 0.352 e. The second-order valence-corrected chi connectivity index (χ2v) is 4.65. The average Bonchev–Trinajstić information content (AvgIpc) is 2.86. The summed E-state index contributed by atoms with van der Waals surface area (Å²) in [5, 5.41) is 7.27. The second-order valence-electron chi connectivity index (χ2n) is 3.88. The number of aryl methyl sites for hydroxylation is 1. The van der Waals surface area contributed by atoms with Crippen molar-refractivity contribution in [3.63, 3.8) is 0 Å². The summed E-state index contributed by atoms with van der Waals surface area (Å²) in [6, 6.07) is 4.83. The lowest BCUT2D eigenvalue weighted by Crippen LogP contribution is -2.25. The molecule has 100 valence electrons. The van der Waals surface area contributed by atoms with Crippen LogP contribution in [0.5, 0.6) is 0 Å². The van der Waals surface area contributed by atoms with Crippen LogP contribution in [-0.4, -0.2) is 27.2 Å². The summed E-state index contributed by atoms with van der Waals surface area (Å²) in [6.45, 7) is 1.31. The van der Waals surface area contributed by atoms with Crippen LogP contribution in [0.15, 0.2) is 30.6 Å². The molecule has 2 aromatic rings. The molecule has 0 aliphatic rings.